The second-order valence-corrected chi connectivity index (χ2v) is 7.36. The number of fused-ring (bicyclic) bond motifs is 1. The highest BCUT2D eigenvalue weighted by atomic mass is 35.5. The van der Waals surface area contributed by atoms with E-state index in [9.17, 15) is 9.59 Å². The molecule has 1 heterocycles. The van der Waals surface area contributed by atoms with Crippen LogP contribution in [-0.2, 0) is 11.3 Å². The zero-order valence-electron chi connectivity index (χ0n) is 17.3. The van der Waals surface area contributed by atoms with Gasteiger partial charge in [0.1, 0.15) is 17.6 Å². The molecule has 0 aliphatic rings. The number of hydrogen-bond acceptors (Lipinski definition) is 6. The van der Waals surface area contributed by atoms with E-state index >= 15 is 0 Å². The summed E-state index contributed by atoms with van der Waals surface area (Å²) in [6.07, 6.45) is 0. The first-order valence-corrected chi connectivity index (χ1v) is 9.70. The van der Waals surface area contributed by atoms with Crippen LogP contribution in [0.15, 0.2) is 41.2 Å². The van der Waals surface area contributed by atoms with Crippen molar-refractivity contribution in [3.63, 3.8) is 0 Å². The van der Waals surface area contributed by atoms with Gasteiger partial charge in [0.2, 0.25) is 0 Å². The molecule has 0 fully saturated rings. The van der Waals surface area contributed by atoms with Crippen molar-refractivity contribution in [3.05, 3.63) is 62.9 Å². The van der Waals surface area contributed by atoms with Crippen molar-refractivity contribution in [1.29, 1.82) is 5.26 Å². The average molecular weight is 441 g/mol. The summed E-state index contributed by atoms with van der Waals surface area (Å²) in [5.74, 6) is 0.563. The number of rotatable bonds is 7. The molecule has 2 aromatic carbocycles. The quantitative estimate of drug-likeness (QED) is 0.584. The Balaban J connectivity index is 1.81. The van der Waals surface area contributed by atoms with Gasteiger partial charge in [-0.2, -0.15) is 5.26 Å². The molecule has 0 unspecified atom stereocenters. The normalized spacial score (nSPS) is 10.4. The molecule has 8 nitrogen and oxygen atoms in total. The maximum Gasteiger partial charge on any atom is 0.259 e. The van der Waals surface area contributed by atoms with Crippen LogP contribution in [0.1, 0.15) is 11.1 Å². The lowest BCUT2D eigenvalue weighted by Crippen LogP contribution is -2.27. The van der Waals surface area contributed by atoms with Gasteiger partial charge in [0.15, 0.2) is 6.61 Å². The van der Waals surface area contributed by atoms with E-state index in [2.05, 4.69) is 16.4 Å². The Morgan fingerprint density at radius 2 is 2.00 bits per heavy atom. The van der Waals surface area contributed by atoms with Gasteiger partial charge < -0.3 is 24.7 Å². The van der Waals surface area contributed by atoms with Crippen LogP contribution in [-0.4, -0.2) is 43.6 Å². The SMILES string of the molecule is COc1cc(NCc2cc3cc(Cl)c(OCC(=O)N(C)C)cc3[nH]c2=O)ccc1C#N. The van der Waals surface area contributed by atoms with Crippen LogP contribution >= 0.6 is 11.6 Å². The van der Waals surface area contributed by atoms with E-state index < -0.39 is 0 Å². The minimum Gasteiger partial charge on any atom is -0.495 e. The molecule has 31 heavy (non-hydrogen) atoms. The summed E-state index contributed by atoms with van der Waals surface area (Å²) >= 11 is 6.30. The number of carbonyl (C=O) groups excluding carboxylic acids is 1. The number of methoxy groups -OCH3 is 1. The smallest absolute Gasteiger partial charge is 0.259 e. The van der Waals surface area contributed by atoms with Gasteiger partial charge >= 0.3 is 0 Å². The molecule has 0 atom stereocenters. The summed E-state index contributed by atoms with van der Waals surface area (Å²) in [5.41, 5.74) is 1.92. The van der Waals surface area contributed by atoms with E-state index in [0.717, 1.165) is 5.39 Å². The minimum atomic E-state index is -0.266. The molecule has 0 radical (unpaired) electrons. The van der Waals surface area contributed by atoms with Gasteiger partial charge in [0.25, 0.3) is 11.5 Å². The number of anilines is 1. The molecular weight excluding hydrogens is 420 g/mol. The van der Waals surface area contributed by atoms with Gasteiger partial charge in [-0.05, 0) is 24.3 Å². The van der Waals surface area contributed by atoms with Crippen LogP contribution in [0.2, 0.25) is 5.02 Å². The van der Waals surface area contributed by atoms with Crippen molar-refractivity contribution >= 4 is 34.1 Å². The van der Waals surface area contributed by atoms with Gasteiger partial charge in [-0.25, -0.2) is 0 Å². The zero-order valence-corrected chi connectivity index (χ0v) is 18.0. The van der Waals surface area contributed by atoms with Crippen LogP contribution in [0.5, 0.6) is 11.5 Å². The minimum absolute atomic E-state index is 0.154. The number of carbonyl (C=O) groups is 1. The van der Waals surface area contributed by atoms with Gasteiger partial charge in [-0.3, -0.25) is 9.59 Å². The van der Waals surface area contributed by atoms with Crippen molar-refractivity contribution in [2.75, 3.05) is 33.1 Å². The number of aromatic nitrogens is 1. The zero-order chi connectivity index (χ0) is 22.5. The van der Waals surface area contributed by atoms with Crippen molar-refractivity contribution < 1.29 is 14.3 Å². The lowest BCUT2D eigenvalue weighted by atomic mass is 10.1. The first kappa shape index (κ1) is 22.0. The Labute approximate surface area is 184 Å². The van der Waals surface area contributed by atoms with E-state index in [1.807, 2.05) is 0 Å². The number of nitrogens with zero attached hydrogens (tertiary/aromatic N) is 2. The number of pyridine rings is 1. The van der Waals surface area contributed by atoms with Crippen molar-refractivity contribution in [2.45, 2.75) is 6.54 Å². The van der Waals surface area contributed by atoms with Crippen LogP contribution in [0.3, 0.4) is 0 Å². The number of nitriles is 1. The second-order valence-electron chi connectivity index (χ2n) is 6.95. The molecule has 0 saturated carbocycles. The van der Waals surface area contributed by atoms with Gasteiger partial charge in [-0.1, -0.05) is 11.6 Å². The average Bonchev–Trinajstić information content (AvgIpc) is 2.76. The number of aromatic amines is 1. The number of ether oxygens (including phenoxy) is 2. The standard InChI is InChI=1S/C22H21ClN4O4/c1-27(2)21(28)12-31-20-9-18-14(7-17(20)23)6-15(22(29)26-18)11-25-16-5-4-13(10-24)19(8-16)30-3/h4-9,25H,11-12H2,1-3H3,(H,26,29). The summed E-state index contributed by atoms with van der Waals surface area (Å²) in [6.45, 7) is 0.103. The Morgan fingerprint density at radius 3 is 2.68 bits per heavy atom. The van der Waals surface area contributed by atoms with E-state index in [1.54, 1.807) is 50.5 Å². The summed E-state index contributed by atoms with van der Waals surface area (Å²) < 4.78 is 10.7. The lowest BCUT2D eigenvalue weighted by molar-refractivity contribution is -0.130. The second kappa shape index (κ2) is 9.41. The van der Waals surface area contributed by atoms with Gasteiger partial charge in [-0.15, -0.1) is 0 Å². The summed E-state index contributed by atoms with van der Waals surface area (Å²) in [6, 6.07) is 12.2. The third-order valence-electron chi connectivity index (χ3n) is 4.63. The Bertz CT molecular complexity index is 1230. The molecule has 160 valence electrons. The highest BCUT2D eigenvalue weighted by molar-refractivity contribution is 6.32. The highest BCUT2D eigenvalue weighted by Gasteiger charge is 2.11. The van der Waals surface area contributed by atoms with Gasteiger partial charge in [0.05, 0.1) is 23.2 Å². The fourth-order valence-electron chi connectivity index (χ4n) is 2.85. The predicted molar refractivity (Wildman–Crippen MR) is 119 cm³/mol. The Morgan fingerprint density at radius 1 is 1.23 bits per heavy atom. The van der Waals surface area contributed by atoms with Crippen molar-refractivity contribution in [1.82, 2.24) is 9.88 Å². The topological polar surface area (TPSA) is 107 Å². The Hall–Kier alpha value is -3.70. The molecule has 9 heteroatoms. The monoisotopic (exact) mass is 440 g/mol. The first-order valence-electron chi connectivity index (χ1n) is 9.32. The number of halogens is 1. The summed E-state index contributed by atoms with van der Waals surface area (Å²) in [7, 11) is 4.76. The third kappa shape index (κ3) is 5.08. The van der Waals surface area contributed by atoms with E-state index in [1.165, 1.54) is 12.0 Å². The molecule has 0 bridgehead atoms. The highest BCUT2D eigenvalue weighted by Crippen LogP contribution is 2.29. The molecule has 0 spiro atoms. The number of likely N-dealkylation sites (N-methyl/N-ethyl adjacent to an activating group) is 1. The Kier molecular flexibility index (Phi) is 6.68. The van der Waals surface area contributed by atoms with Gasteiger partial charge in [0, 0.05) is 49.4 Å². The first-order chi connectivity index (χ1) is 14.8. The predicted octanol–water partition coefficient (Wildman–Crippen LogP) is 3.14. The fraction of sp³-hybridized carbons (Fsp3) is 0.227. The molecular formula is C22H21ClN4O4. The number of amides is 1. The van der Waals surface area contributed by atoms with E-state index in [-0.39, 0.29) is 24.6 Å². The summed E-state index contributed by atoms with van der Waals surface area (Å²) in [4.78, 5) is 28.5. The molecule has 1 aromatic heterocycles. The lowest BCUT2D eigenvalue weighted by Gasteiger charge is -2.13. The van der Waals surface area contributed by atoms with Crippen LogP contribution in [0.25, 0.3) is 10.9 Å². The molecule has 3 aromatic rings. The molecule has 0 aliphatic heterocycles. The molecule has 0 aliphatic carbocycles. The van der Waals surface area contributed by atoms with Crippen LogP contribution in [0.4, 0.5) is 5.69 Å². The third-order valence-corrected chi connectivity index (χ3v) is 4.92. The maximum atomic E-state index is 12.5. The number of benzene rings is 2. The molecule has 3 rings (SSSR count). The summed E-state index contributed by atoms with van der Waals surface area (Å²) in [5, 5.41) is 13.3. The molecule has 1 amide bonds. The van der Waals surface area contributed by atoms with Crippen LogP contribution < -0.4 is 20.3 Å². The maximum absolute atomic E-state index is 12.5. The van der Waals surface area contributed by atoms with Crippen LogP contribution in [0, 0.1) is 11.3 Å². The van der Waals surface area contributed by atoms with Crippen molar-refractivity contribution in [2.24, 2.45) is 0 Å². The van der Waals surface area contributed by atoms with E-state index in [0.29, 0.717) is 38.9 Å². The number of nitrogens with one attached hydrogen (secondary N) is 2. The van der Waals surface area contributed by atoms with Crippen molar-refractivity contribution in [3.8, 4) is 17.6 Å². The number of H-pyrrole nitrogens is 1. The molecule has 2 N–H and O–H groups in total. The fourth-order valence-corrected chi connectivity index (χ4v) is 3.08. The van der Waals surface area contributed by atoms with E-state index in [4.69, 9.17) is 26.3 Å². The molecule has 0 saturated heterocycles. The number of hydrogen-bond donors (Lipinski definition) is 2. The largest absolute Gasteiger partial charge is 0.495 e.